The zero-order valence-electron chi connectivity index (χ0n) is 18.2. The smallest absolute Gasteiger partial charge is 0.197 e. The van der Waals surface area contributed by atoms with Gasteiger partial charge in [-0.1, -0.05) is 38.5 Å². The summed E-state index contributed by atoms with van der Waals surface area (Å²) in [5, 5.41) is 0. The first-order valence-corrected chi connectivity index (χ1v) is 11.3. The molecule has 0 bridgehead atoms. The number of hydrogen-bond acceptors (Lipinski definition) is 4. The summed E-state index contributed by atoms with van der Waals surface area (Å²) in [6, 6.07) is 4.11. The maximum Gasteiger partial charge on any atom is 0.197 e. The van der Waals surface area contributed by atoms with E-state index in [2.05, 4.69) is 19.9 Å². The van der Waals surface area contributed by atoms with Gasteiger partial charge < -0.3 is 18.9 Å². The molecule has 2 atom stereocenters. The largest absolute Gasteiger partial charge is 0.465 e. The lowest BCUT2D eigenvalue weighted by atomic mass is 9.98. The van der Waals surface area contributed by atoms with E-state index in [1.807, 2.05) is 19.9 Å². The second-order valence-electron chi connectivity index (χ2n) is 8.55. The van der Waals surface area contributed by atoms with Crippen LogP contribution in [0.3, 0.4) is 0 Å². The first-order valence-electron chi connectivity index (χ1n) is 11.3. The number of aryl methyl sites for hydroxylation is 2. The summed E-state index contributed by atoms with van der Waals surface area (Å²) in [7, 11) is 0. The molecule has 158 valence electrons. The maximum atomic E-state index is 6.13. The van der Waals surface area contributed by atoms with Gasteiger partial charge in [-0.2, -0.15) is 0 Å². The van der Waals surface area contributed by atoms with Gasteiger partial charge in [0.05, 0.1) is 12.2 Å². The summed E-state index contributed by atoms with van der Waals surface area (Å²) in [4.78, 5) is 0. The molecule has 0 amide bonds. The fourth-order valence-electron chi connectivity index (χ4n) is 4.43. The van der Waals surface area contributed by atoms with Gasteiger partial charge >= 0.3 is 0 Å². The minimum atomic E-state index is -0.256. The molecule has 2 unspecified atom stereocenters. The zero-order chi connectivity index (χ0) is 19.9. The van der Waals surface area contributed by atoms with Crippen molar-refractivity contribution in [3.63, 3.8) is 0 Å². The van der Waals surface area contributed by atoms with Gasteiger partial charge in [0, 0.05) is 6.07 Å². The van der Waals surface area contributed by atoms with E-state index in [4.69, 9.17) is 18.9 Å². The highest BCUT2D eigenvalue weighted by molar-refractivity contribution is 5.45. The van der Waals surface area contributed by atoms with E-state index in [1.54, 1.807) is 0 Å². The third kappa shape index (κ3) is 6.38. The minimum Gasteiger partial charge on any atom is -0.465 e. The molecule has 0 heterocycles. The first kappa shape index (κ1) is 21.4. The SMILES string of the molecule is Cc1cc(C)c(OC(C)OC2CCCCC2)cc1OC(C)OC1CCCCC1. The van der Waals surface area contributed by atoms with E-state index in [1.165, 1.54) is 38.5 Å². The van der Waals surface area contributed by atoms with E-state index >= 15 is 0 Å². The van der Waals surface area contributed by atoms with Crippen LogP contribution in [-0.4, -0.2) is 24.8 Å². The Kier molecular flexibility index (Phi) is 8.04. The molecule has 1 aromatic carbocycles. The summed E-state index contributed by atoms with van der Waals surface area (Å²) in [5.41, 5.74) is 2.20. The lowest BCUT2D eigenvalue weighted by Crippen LogP contribution is -2.27. The average molecular weight is 391 g/mol. The summed E-state index contributed by atoms with van der Waals surface area (Å²) >= 11 is 0. The number of rotatable bonds is 8. The monoisotopic (exact) mass is 390 g/mol. The maximum absolute atomic E-state index is 6.13. The third-order valence-electron chi connectivity index (χ3n) is 5.93. The third-order valence-corrected chi connectivity index (χ3v) is 5.93. The Morgan fingerprint density at radius 3 is 1.43 bits per heavy atom. The van der Waals surface area contributed by atoms with Crippen molar-refractivity contribution in [1.29, 1.82) is 0 Å². The standard InChI is InChI=1S/C24H38O4/c1-17-15-18(2)24(28-20(4)26-22-13-9-6-10-14-22)16-23(17)27-19(3)25-21-11-7-5-8-12-21/h15-16,19-22H,5-14H2,1-4H3. The van der Waals surface area contributed by atoms with Gasteiger partial charge in [0.1, 0.15) is 11.5 Å². The summed E-state index contributed by atoms with van der Waals surface area (Å²) in [6.45, 7) is 8.12. The molecule has 1 aromatic rings. The van der Waals surface area contributed by atoms with Crippen LogP contribution in [-0.2, 0) is 9.47 Å². The van der Waals surface area contributed by atoms with Crippen LogP contribution in [0.4, 0.5) is 0 Å². The topological polar surface area (TPSA) is 36.9 Å². The van der Waals surface area contributed by atoms with Crippen LogP contribution in [0.15, 0.2) is 12.1 Å². The molecule has 4 heteroatoms. The molecule has 3 rings (SSSR count). The second-order valence-corrected chi connectivity index (χ2v) is 8.55. The molecule has 0 aromatic heterocycles. The quantitative estimate of drug-likeness (QED) is 0.478. The van der Waals surface area contributed by atoms with Gasteiger partial charge in [0.15, 0.2) is 12.6 Å². The Morgan fingerprint density at radius 2 is 1.04 bits per heavy atom. The van der Waals surface area contributed by atoms with Gasteiger partial charge in [-0.15, -0.1) is 0 Å². The van der Waals surface area contributed by atoms with Crippen molar-refractivity contribution in [2.45, 2.75) is 117 Å². The number of ether oxygens (including phenoxy) is 4. The molecule has 0 spiro atoms. The van der Waals surface area contributed by atoms with Crippen molar-refractivity contribution in [3.05, 3.63) is 23.3 Å². The fraction of sp³-hybridized carbons (Fsp3) is 0.750. The Labute approximate surface area is 170 Å². The fourth-order valence-corrected chi connectivity index (χ4v) is 4.43. The van der Waals surface area contributed by atoms with E-state index in [9.17, 15) is 0 Å². The summed E-state index contributed by atoms with van der Waals surface area (Å²) in [5.74, 6) is 1.66. The van der Waals surface area contributed by atoms with Gasteiger partial charge in [0.2, 0.25) is 0 Å². The number of hydrogen-bond donors (Lipinski definition) is 0. The van der Waals surface area contributed by atoms with Crippen LogP contribution in [0, 0.1) is 13.8 Å². The van der Waals surface area contributed by atoms with Crippen LogP contribution in [0.2, 0.25) is 0 Å². The van der Waals surface area contributed by atoms with Crippen molar-refractivity contribution in [3.8, 4) is 11.5 Å². The van der Waals surface area contributed by atoms with Gasteiger partial charge in [-0.3, -0.25) is 0 Å². The normalized spacial score (nSPS) is 21.3. The second kappa shape index (κ2) is 10.5. The summed E-state index contributed by atoms with van der Waals surface area (Å²) < 4.78 is 24.5. The summed E-state index contributed by atoms with van der Waals surface area (Å²) in [6.07, 6.45) is 12.4. The van der Waals surface area contributed by atoms with Crippen molar-refractivity contribution >= 4 is 0 Å². The predicted molar refractivity (Wildman–Crippen MR) is 112 cm³/mol. The first-order chi connectivity index (χ1) is 13.5. The molecular weight excluding hydrogens is 352 g/mol. The minimum absolute atomic E-state index is 0.256. The van der Waals surface area contributed by atoms with Crippen LogP contribution >= 0.6 is 0 Å². The molecule has 28 heavy (non-hydrogen) atoms. The molecule has 4 nitrogen and oxygen atoms in total. The lowest BCUT2D eigenvalue weighted by molar-refractivity contribution is -0.119. The predicted octanol–water partition coefficient (Wildman–Crippen LogP) is 6.45. The number of benzene rings is 1. The van der Waals surface area contributed by atoms with Crippen LogP contribution < -0.4 is 9.47 Å². The van der Waals surface area contributed by atoms with Crippen molar-refractivity contribution in [1.82, 2.24) is 0 Å². The lowest BCUT2D eigenvalue weighted by Gasteiger charge is -2.28. The molecule has 2 aliphatic carbocycles. The highest BCUT2D eigenvalue weighted by Crippen LogP contribution is 2.31. The van der Waals surface area contributed by atoms with Gasteiger partial charge in [0.25, 0.3) is 0 Å². The van der Waals surface area contributed by atoms with Crippen LogP contribution in [0.1, 0.15) is 89.2 Å². The van der Waals surface area contributed by atoms with Gasteiger partial charge in [-0.25, -0.2) is 0 Å². The van der Waals surface area contributed by atoms with E-state index in [0.717, 1.165) is 48.3 Å². The Hall–Kier alpha value is -1.26. The van der Waals surface area contributed by atoms with Crippen molar-refractivity contribution in [2.24, 2.45) is 0 Å². The Bertz CT molecular complexity index is 554. The Morgan fingerprint density at radius 1 is 0.643 bits per heavy atom. The Balaban J connectivity index is 1.57. The molecular formula is C24H38O4. The highest BCUT2D eigenvalue weighted by atomic mass is 16.7. The molecule has 2 aliphatic rings. The van der Waals surface area contributed by atoms with E-state index in [0.29, 0.717) is 12.2 Å². The van der Waals surface area contributed by atoms with Crippen LogP contribution in [0.25, 0.3) is 0 Å². The van der Waals surface area contributed by atoms with E-state index in [-0.39, 0.29) is 12.6 Å². The van der Waals surface area contributed by atoms with Crippen molar-refractivity contribution in [2.75, 3.05) is 0 Å². The van der Waals surface area contributed by atoms with E-state index < -0.39 is 0 Å². The van der Waals surface area contributed by atoms with Crippen molar-refractivity contribution < 1.29 is 18.9 Å². The van der Waals surface area contributed by atoms with Crippen LogP contribution in [0.5, 0.6) is 11.5 Å². The molecule has 0 aliphatic heterocycles. The molecule has 0 saturated heterocycles. The highest BCUT2D eigenvalue weighted by Gasteiger charge is 2.20. The zero-order valence-corrected chi connectivity index (χ0v) is 18.2. The molecule has 0 radical (unpaired) electrons. The molecule has 2 fully saturated rings. The van der Waals surface area contributed by atoms with Gasteiger partial charge in [-0.05, 0) is 70.6 Å². The molecule has 0 N–H and O–H groups in total. The molecule has 2 saturated carbocycles. The average Bonchev–Trinajstić information content (AvgIpc) is 2.67.